The third-order valence-electron chi connectivity index (χ3n) is 2.40. The molecule has 18 heavy (non-hydrogen) atoms. The Labute approximate surface area is 109 Å². The number of nitrogens with one attached hydrogen (secondary N) is 1. The van der Waals surface area contributed by atoms with Gasteiger partial charge in [0, 0.05) is 20.3 Å². The third-order valence-corrected chi connectivity index (χ3v) is 2.40. The zero-order chi connectivity index (χ0) is 13.1. The summed E-state index contributed by atoms with van der Waals surface area (Å²) in [7, 11) is 1.70. The molecule has 6 heteroatoms. The van der Waals surface area contributed by atoms with Crippen molar-refractivity contribution in [3.05, 3.63) is 12.2 Å². The van der Waals surface area contributed by atoms with Crippen LogP contribution in [0.4, 0.5) is 0 Å². The van der Waals surface area contributed by atoms with Crippen LogP contribution in [-0.4, -0.2) is 48.2 Å². The number of aromatic nitrogens is 3. The van der Waals surface area contributed by atoms with E-state index >= 15 is 0 Å². The van der Waals surface area contributed by atoms with Crippen molar-refractivity contribution >= 4 is 0 Å². The molecule has 1 N–H and O–H groups in total. The highest BCUT2D eigenvalue weighted by Gasteiger charge is 1.99. The largest absolute Gasteiger partial charge is 0.385 e. The summed E-state index contributed by atoms with van der Waals surface area (Å²) < 4.78 is 12.2. The molecular weight excluding hydrogens is 232 g/mol. The molecule has 0 aliphatic carbocycles. The number of methoxy groups -OCH3 is 1. The Morgan fingerprint density at radius 1 is 1.33 bits per heavy atom. The van der Waals surface area contributed by atoms with Gasteiger partial charge in [0.05, 0.1) is 19.7 Å². The van der Waals surface area contributed by atoms with Crippen molar-refractivity contribution in [3.8, 4) is 0 Å². The topological polar surface area (TPSA) is 61.2 Å². The van der Waals surface area contributed by atoms with Crippen molar-refractivity contribution in [1.29, 1.82) is 0 Å². The maximum Gasteiger partial charge on any atom is 0.164 e. The Balaban J connectivity index is 2.07. The highest BCUT2D eigenvalue weighted by Crippen LogP contribution is 1.91. The fraction of sp³-hybridized carbons (Fsp3) is 0.833. The second-order valence-electron chi connectivity index (χ2n) is 4.06. The standard InChI is InChI=1S/C12H24N4O2/c1-3-5-13-10-12-14-11-16(15-12)6-9-18-8-4-7-17-2/h11,13H,3-10H2,1-2H3. The first-order valence-electron chi connectivity index (χ1n) is 6.52. The summed E-state index contributed by atoms with van der Waals surface area (Å²) >= 11 is 0. The first-order chi connectivity index (χ1) is 8.86. The average molecular weight is 256 g/mol. The second-order valence-corrected chi connectivity index (χ2v) is 4.06. The minimum atomic E-state index is 0.662. The van der Waals surface area contributed by atoms with Gasteiger partial charge in [-0.15, -0.1) is 0 Å². The lowest BCUT2D eigenvalue weighted by Gasteiger charge is -2.03. The molecule has 0 saturated heterocycles. The van der Waals surface area contributed by atoms with Crippen LogP contribution in [0.3, 0.4) is 0 Å². The fourth-order valence-electron chi connectivity index (χ4n) is 1.46. The highest BCUT2D eigenvalue weighted by atomic mass is 16.5. The minimum absolute atomic E-state index is 0.662. The molecule has 0 aromatic carbocycles. The molecule has 0 spiro atoms. The fourth-order valence-corrected chi connectivity index (χ4v) is 1.46. The quantitative estimate of drug-likeness (QED) is 0.594. The monoisotopic (exact) mass is 256 g/mol. The third kappa shape index (κ3) is 6.68. The molecule has 1 aromatic rings. The summed E-state index contributed by atoms with van der Waals surface area (Å²) in [6.45, 7) is 6.75. The molecule has 1 rings (SSSR count). The molecule has 0 unspecified atom stereocenters. The van der Waals surface area contributed by atoms with Crippen LogP contribution in [0.2, 0.25) is 0 Å². The number of nitrogens with zero attached hydrogens (tertiary/aromatic N) is 3. The number of ether oxygens (including phenoxy) is 2. The maximum absolute atomic E-state index is 5.46. The highest BCUT2D eigenvalue weighted by molar-refractivity contribution is 4.80. The maximum atomic E-state index is 5.46. The van der Waals surface area contributed by atoms with Gasteiger partial charge in [0.15, 0.2) is 5.82 Å². The summed E-state index contributed by atoms with van der Waals surface area (Å²) in [5.41, 5.74) is 0. The molecule has 0 atom stereocenters. The molecule has 0 bridgehead atoms. The normalized spacial score (nSPS) is 11.0. The molecule has 1 aromatic heterocycles. The van der Waals surface area contributed by atoms with Crippen molar-refractivity contribution in [3.63, 3.8) is 0 Å². The van der Waals surface area contributed by atoms with Crippen LogP contribution >= 0.6 is 0 Å². The Hall–Kier alpha value is -0.980. The molecule has 0 radical (unpaired) electrons. The molecular formula is C12H24N4O2. The summed E-state index contributed by atoms with van der Waals surface area (Å²) in [5, 5.41) is 7.63. The summed E-state index contributed by atoms with van der Waals surface area (Å²) in [6.07, 6.45) is 3.80. The number of hydrogen-bond donors (Lipinski definition) is 1. The molecule has 0 amide bonds. The lowest BCUT2D eigenvalue weighted by Crippen LogP contribution is -2.15. The van der Waals surface area contributed by atoms with Gasteiger partial charge in [-0.1, -0.05) is 6.92 Å². The van der Waals surface area contributed by atoms with Crippen molar-refractivity contribution in [2.75, 3.05) is 33.5 Å². The van der Waals surface area contributed by atoms with E-state index in [1.54, 1.807) is 13.4 Å². The first-order valence-corrected chi connectivity index (χ1v) is 6.52. The Morgan fingerprint density at radius 3 is 3.00 bits per heavy atom. The summed E-state index contributed by atoms with van der Waals surface area (Å²) in [5.74, 6) is 0.836. The van der Waals surface area contributed by atoms with E-state index < -0.39 is 0 Å². The minimum Gasteiger partial charge on any atom is -0.385 e. The zero-order valence-electron chi connectivity index (χ0n) is 11.4. The lowest BCUT2D eigenvalue weighted by atomic mass is 10.5. The van der Waals surface area contributed by atoms with Crippen molar-refractivity contribution in [2.24, 2.45) is 0 Å². The van der Waals surface area contributed by atoms with E-state index in [2.05, 4.69) is 22.3 Å². The Morgan fingerprint density at radius 2 is 2.22 bits per heavy atom. The predicted octanol–water partition coefficient (Wildman–Crippen LogP) is 0.831. The van der Waals surface area contributed by atoms with Crippen LogP contribution < -0.4 is 5.32 Å². The van der Waals surface area contributed by atoms with Gasteiger partial charge in [0.1, 0.15) is 6.33 Å². The molecule has 0 saturated carbocycles. The van der Waals surface area contributed by atoms with Gasteiger partial charge in [-0.3, -0.25) is 4.68 Å². The van der Waals surface area contributed by atoms with Crippen molar-refractivity contribution in [2.45, 2.75) is 32.9 Å². The number of hydrogen-bond acceptors (Lipinski definition) is 5. The van der Waals surface area contributed by atoms with Crippen LogP contribution in [0.25, 0.3) is 0 Å². The van der Waals surface area contributed by atoms with Gasteiger partial charge >= 0.3 is 0 Å². The van der Waals surface area contributed by atoms with Crippen LogP contribution in [0.1, 0.15) is 25.6 Å². The van der Waals surface area contributed by atoms with E-state index in [-0.39, 0.29) is 0 Å². The van der Waals surface area contributed by atoms with E-state index in [0.29, 0.717) is 6.61 Å². The van der Waals surface area contributed by atoms with Gasteiger partial charge in [0.25, 0.3) is 0 Å². The van der Waals surface area contributed by atoms with Gasteiger partial charge < -0.3 is 14.8 Å². The molecule has 104 valence electrons. The lowest BCUT2D eigenvalue weighted by molar-refractivity contribution is 0.0960. The van der Waals surface area contributed by atoms with Gasteiger partial charge in [-0.25, -0.2) is 4.98 Å². The molecule has 0 fully saturated rings. The van der Waals surface area contributed by atoms with Crippen LogP contribution in [0, 0.1) is 0 Å². The van der Waals surface area contributed by atoms with E-state index in [4.69, 9.17) is 9.47 Å². The molecule has 1 heterocycles. The Kier molecular flexibility index (Phi) is 8.37. The smallest absolute Gasteiger partial charge is 0.164 e. The van der Waals surface area contributed by atoms with Gasteiger partial charge in [-0.05, 0) is 19.4 Å². The average Bonchev–Trinajstić information content (AvgIpc) is 2.82. The second kappa shape index (κ2) is 9.99. The van der Waals surface area contributed by atoms with Crippen LogP contribution in [0.15, 0.2) is 6.33 Å². The summed E-state index contributed by atoms with van der Waals surface area (Å²) in [4.78, 5) is 4.23. The van der Waals surface area contributed by atoms with Crippen LogP contribution in [-0.2, 0) is 22.6 Å². The van der Waals surface area contributed by atoms with E-state index in [9.17, 15) is 0 Å². The summed E-state index contributed by atoms with van der Waals surface area (Å²) in [6, 6.07) is 0. The van der Waals surface area contributed by atoms with Crippen molar-refractivity contribution in [1.82, 2.24) is 20.1 Å². The van der Waals surface area contributed by atoms with E-state index in [0.717, 1.165) is 51.5 Å². The number of rotatable bonds is 11. The van der Waals surface area contributed by atoms with Crippen LogP contribution in [0.5, 0.6) is 0 Å². The van der Waals surface area contributed by atoms with Gasteiger partial charge in [-0.2, -0.15) is 5.10 Å². The van der Waals surface area contributed by atoms with E-state index in [1.165, 1.54) is 0 Å². The first kappa shape index (κ1) is 15.1. The van der Waals surface area contributed by atoms with E-state index in [1.807, 2.05) is 4.68 Å². The predicted molar refractivity (Wildman–Crippen MR) is 69.3 cm³/mol. The van der Waals surface area contributed by atoms with Gasteiger partial charge in [0.2, 0.25) is 0 Å². The Bertz CT molecular complexity index is 304. The zero-order valence-corrected chi connectivity index (χ0v) is 11.4. The molecule has 0 aliphatic rings. The van der Waals surface area contributed by atoms with Crippen molar-refractivity contribution < 1.29 is 9.47 Å². The molecule has 0 aliphatic heterocycles. The molecule has 6 nitrogen and oxygen atoms in total. The SMILES string of the molecule is CCCNCc1ncn(CCOCCCOC)n1.